The van der Waals surface area contributed by atoms with E-state index in [1.165, 1.54) is 108 Å². The summed E-state index contributed by atoms with van der Waals surface area (Å²) in [6.07, 6.45) is 21.6. The lowest BCUT2D eigenvalue weighted by molar-refractivity contribution is -0.132. The molecule has 2 aromatic carbocycles. The molecule has 314 valence electrons. The summed E-state index contributed by atoms with van der Waals surface area (Å²) in [5, 5.41) is 21.8. The number of hydrogen-bond donors (Lipinski definition) is 2. The molecule has 0 saturated heterocycles. The minimum Gasteiger partial charge on any atom is -0.478 e. The van der Waals surface area contributed by atoms with E-state index in [1.807, 2.05) is 63.6 Å². The minimum atomic E-state index is -0.854. The Balaban J connectivity index is 1.11. The third kappa shape index (κ3) is 9.67. The maximum absolute atomic E-state index is 11.7. The second-order valence-electron chi connectivity index (χ2n) is 16.6. The van der Waals surface area contributed by atoms with Crippen molar-refractivity contribution in [2.45, 2.75) is 126 Å². The molecular formula is C51H57NO3S5. The lowest BCUT2D eigenvalue weighted by Gasteiger charge is -2.32. The number of hydrogen-bond acceptors (Lipinski definition) is 8. The summed E-state index contributed by atoms with van der Waals surface area (Å²) in [6, 6.07) is 25.0. The Kier molecular flexibility index (Phi) is 14.3. The Bertz CT molecular complexity index is 2380. The molecule has 2 N–H and O–H groups in total. The number of nitrogens with zero attached hydrogens (tertiary/aromatic N) is 1. The highest BCUT2D eigenvalue weighted by Gasteiger charge is 2.39. The number of rotatable bonds is 16. The summed E-state index contributed by atoms with van der Waals surface area (Å²) in [5.41, 5.74) is 7.89. The second-order valence-corrected chi connectivity index (χ2v) is 22.2. The van der Waals surface area contributed by atoms with Gasteiger partial charge in [0, 0.05) is 61.3 Å². The summed E-state index contributed by atoms with van der Waals surface area (Å²) in [5.74, 6) is -0.569. The number of aryl methyl sites for hydroxylation is 2. The molecule has 0 fully saturated rings. The van der Waals surface area contributed by atoms with Crippen LogP contribution in [0.5, 0.6) is 0 Å². The van der Waals surface area contributed by atoms with Crippen LogP contribution in [0.3, 0.4) is 0 Å². The van der Waals surface area contributed by atoms with Crippen LogP contribution < -0.4 is 4.90 Å². The molecule has 0 spiro atoms. The molecule has 9 heteroatoms. The van der Waals surface area contributed by atoms with Gasteiger partial charge in [-0.15, -0.1) is 57.5 Å². The molecule has 3 aliphatic rings. The number of anilines is 2. The third-order valence-electron chi connectivity index (χ3n) is 11.9. The van der Waals surface area contributed by atoms with Gasteiger partial charge in [-0.3, -0.25) is 0 Å². The lowest BCUT2D eigenvalue weighted by atomic mass is 10.0. The number of aliphatic hydroxyl groups is 1. The van der Waals surface area contributed by atoms with Crippen molar-refractivity contribution < 1.29 is 15.0 Å². The summed E-state index contributed by atoms with van der Waals surface area (Å²) < 4.78 is 0. The van der Waals surface area contributed by atoms with Crippen molar-refractivity contribution in [3.63, 3.8) is 0 Å². The number of carbonyl (C=O) groups is 1. The van der Waals surface area contributed by atoms with Gasteiger partial charge < -0.3 is 15.1 Å². The minimum absolute atomic E-state index is 0.285. The first-order valence-corrected chi connectivity index (χ1v) is 26.1. The van der Waals surface area contributed by atoms with Gasteiger partial charge in [-0.05, 0) is 116 Å². The topological polar surface area (TPSA) is 60.8 Å². The molecule has 0 saturated carbocycles. The fourth-order valence-corrected chi connectivity index (χ4v) is 15.9. The maximum Gasteiger partial charge on any atom is 0.331 e. The van der Waals surface area contributed by atoms with Crippen molar-refractivity contribution in [3.05, 3.63) is 123 Å². The van der Waals surface area contributed by atoms with E-state index >= 15 is 0 Å². The van der Waals surface area contributed by atoms with Crippen LogP contribution in [-0.4, -0.2) is 27.7 Å². The van der Waals surface area contributed by atoms with Crippen LogP contribution in [0.2, 0.25) is 0 Å². The van der Waals surface area contributed by atoms with Gasteiger partial charge in [0.05, 0.1) is 5.25 Å². The average Bonchev–Trinajstić information content (AvgIpc) is 4.07. The highest BCUT2D eigenvalue weighted by atomic mass is 32.2. The van der Waals surface area contributed by atoms with Crippen molar-refractivity contribution in [1.29, 1.82) is 0 Å². The Morgan fingerprint density at radius 2 is 1.50 bits per heavy atom. The Labute approximate surface area is 377 Å². The molecule has 5 aromatic rings. The van der Waals surface area contributed by atoms with Crippen LogP contribution in [-0.2, 0) is 24.1 Å². The molecule has 4 nitrogen and oxygen atoms in total. The summed E-state index contributed by atoms with van der Waals surface area (Å²) in [6.45, 7) is 8.44. The van der Waals surface area contributed by atoms with Crippen molar-refractivity contribution in [2.24, 2.45) is 5.92 Å². The largest absolute Gasteiger partial charge is 0.478 e. The van der Waals surface area contributed by atoms with Crippen LogP contribution in [0.4, 0.5) is 11.4 Å². The Morgan fingerprint density at radius 3 is 2.23 bits per heavy atom. The second kappa shape index (κ2) is 19.8. The van der Waals surface area contributed by atoms with Crippen molar-refractivity contribution >= 4 is 74.9 Å². The van der Waals surface area contributed by atoms with Crippen LogP contribution in [0.25, 0.3) is 29.9 Å². The molecule has 0 aliphatic carbocycles. The van der Waals surface area contributed by atoms with Gasteiger partial charge in [-0.2, -0.15) is 0 Å². The molecule has 8 rings (SSSR count). The Morgan fingerprint density at radius 1 is 0.817 bits per heavy atom. The molecule has 3 aromatic heterocycles. The molecule has 0 bridgehead atoms. The molecule has 3 unspecified atom stereocenters. The zero-order valence-electron chi connectivity index (χ0n) is 35.2. The zero-order chi connectivity index (χ0) is 41.8. The molecule has 4 atom stereocenters. The number of carboxylic acids is 1. The van der Waals surface area contributed by atoms with E-state index in [9.17, 15) is 15.0 Å². The van der Waals surface area contributed by atoms with Crippen LogP contribution in [0.15, 0.2) is 106 Å². The average molecular weight is 892 g/mol. The fraction of sp³-hybridized carbons (Fsp3) is 0.392. The van der Waals surface area contributed by atoms with E-state index in [0.717, 1.165) is 35.5 Å². The quantitative estimate of drug-likeness (QED) is 0.0585. The number of thioether (sulfide) groups is 2. The molecular weight excluding hydrogens is 835 g/mol. The van der Waals surface area contributed by atoms with E-state index in [1.54, 1.807) is 6.92 Å². The first kappa shape index (κ1) is 43.3. The van der Waals surface area contributed by atoms with E-state index in [0.29, 0.717) is 22.5 Å². The number of fused-ring (bicyclic) bond motifs is 4. The van der Waals surface area contributed by atoms with Crippen LogP contribution >= 0.6 is 57.5 Å². The molecule has 0 radical (unpaired) electrons. The first-order valence-electron chi connectivity index (χ1n) is 21.9. The number of benzene rings is 2. The predicted molar refractivity (Wildman–Crippen MR) is 263 cm³/mol. The smallest absolute Gasteiger partial charge is 0.331 e. The number of thiophene rings is 3. The van der Waals surface area contributed by atoms with Crippen LogP contribution in [0, 0.1) is 5.92 Å². The fourth-order valence-electron chi connectivity index (χ4n) is 8.61. The maximum atomic E-state index is 11.7. The van der Waals surface area contributed by atoms with Crippen LogP contribution in [0.1, 0.15) is 112 Å². The normalized spacial score (nSPS) is 20.6. The van der Waals surface area contributed by atoms with Gasteiger partial charge >= 0.3 is 5.97 Å². The SMILES string of the molecule is CCCCCCc1cc(-c2sc(-c3cc4c(s3)C3SC(/C=C(/C)C(=O)O)=CC3S4)cc2CCCCCC)sc1-c1ccc(N2c3ccccc3C/C=C\C(C)C[C@@H]2O)cc1. The zero-order valence-corrected chi connectivity index (χ0v) is 39.3. The van der Waals surface area contributed by atoms with Gasteiger partial charge in [0.1, 0.15) is 6.23 Å². The summed E-state index contributed by atoms with van der Waals surface area (Å²) in [7, 11) is 0. The molecule has 0 amide bonds. The van der Waals surface area contributed by atoms with Crippen molar-refractivity contribution in [2.75, 3.05) is 4.90 Å². The molecule has 60 heavy (non-hydrogen) atoms. The molecule has 3 aliphatic heterocycles. The van der Waals surface area contributed by atoms with Gasteiger partial charge in [0.15, 0.2) is 0 Å². The van der Waals surface area contributed by atoms with E-state index < -0.39 is 12.2 Å². The highest BCUT2D eigenvalue weighted by molar-refractivity contribution is 8.07. The van der Waals surface area contributed by atoms with Gasteiger partial charge in [-0.1, -0.05) is 108 Å². The van der Waals surface area contributed by atoms with Gasteiger partial charge in [-0.25, -0.2) is 4.79 Å². The summed E-state index contributed by atoms with van der Waals surface area (Å²) in [4.78, 5) is 24.4. The van der Waals surface area contributed by atoms with Crippen molar-refractivity contribution in [1.82, 2.24) is 0 Å². The highest BCUT2D eigenvalue weighted by Crippen LogP contribution is 2.62. The number of unbranched alkanes of at least 4 members (excludes halogenated alkanes) is 6. The van der Waals surface area contributed by atoms with Crippen molar-refractivity contribution in [3.8, 4) is 29.9 Å². The van der Waals surface area contributed by atoms with Gasteiger partial charge in [0.25, 0.3) is 0 Å². The predicted octanol–water partition coefficient (Wildman–Crippen LogP) is 15.9. The first-order chi connectivity index (χ1) is 29.2. The number of carboxylic acid groups (broad SMARTS) is 1. The lowest BCUT2D eigenvalue weighted by Crippen LogP contribution is -2.32. The van der Waals surface area contributed by atoms with E-state index in [4.69, 9.17) is 0 Å². The standard InChI is InChI=1S/C51H57NO3S5/c1-5-7-9-11-18-36-29-43(60-47(36)35-22-24-38(25-23-35)52-40-21-14-13-17-34(40)20-15-16-32(3)26-46(52)53)48-37(19-12-10-8-6-2)28-41(58-48)42-31-45-50(59-42)49-44(57-45)30-39(56-49)27-33(4)51(54)55/h13-17,21-25,27-32,44,46,49,53H,5-12,18-20,26H2,1-4H3,(H,54,55)/b16-15-,33-27-/t32?,44?,46-,49?/m0/s1. The summed E-state index contributed by atoms with van der Waals surface area (Å²) >= 11 is 9.62. The van der Waals surface area contributed by atoms with E-state index in [-0.39, 0.29) is 5.92 Å². The van der Waals surface area contributed by atoms with E-state index in [2.05, 4.69) is 111 Å². The number of aliphatic carboxylic acids is 1. The number of para-hydroxylation sites is 1. The molecule has 6 heterocycles. The third-order valence-corrected chi connectivity index (χ3v) is 18.9. The number of aliphatic hydroxyl groups excluding tert-OH is 1. The Hall–Kier alpha value is -3.31. The number of allylic oxidation sites excluding steroid dienone is 3. The van der Waals surface area contributed by atoms with Gasteiger partial charge in [0.2, 0.25) is 0 Å². The monoisotopic (exact) mass is 891 g/mol.